The first-order chi connectivity index (χ1) is 13.9. The largest absolute Gasteiger partial charge is 0.416 e. The standard InChI is InChI=1S/C20H18F6N2O2/c1-3-28(4-2)18(30)12-5-7-16(8-6-12)27-17(29)13-9-14(19(21,22)23)11-15(10-13)20(24,25)26/h5-11H,3-4H2,1-2H3,(H,27,29). The average molecular weight is 432 g/mol. The predicted molar refractivity (Wildman–Crippen MR) is 98.1 cm³/mol. The first kappa shape index (κ1) is 23.2. The van der Waals surface area contributed by atoms with Gasteiger partial charge in [0.1, 0.15) is 0 Å². The van der Waals surface area contributed by atoms with Crippen LogP contribution in [0.1, 0.15) is 45.7 Å². The van der Waals surface area contributed by atoms with Crippen molar-refractivity contribution >= 4 is 17.5 Å². The molecule has 2 amide bonds. The summed E-state index contributed by atoms with van der Waals surface area (Å²) in [6.07, 6.45) is -10.1. The lowest BCUT2D eigenvalue weighted by atomic mass is 10.0. The van der Waals surface area contributed by atoms with E-state index in [1.165, 1.54) is 24.3 Å². The number of alkyl halides is 6. The van der Waals surface area contributed by atoms with Crippen molar-refractivity contribution in [1.29, 1.82) is 0 Å². The highest BCUT2D eigenvalue weighted by Crippen LogP contribution is 2.36. The summed E-state index contributed by atoms with van der Waals surface area (Å²) in [7, 11) is 0. The third kappa shape index (κ3) is 5.52. The number of hydrogen-bond donors (Lipinski definition) is 1. The Morgan fingerprint density at radius 2 is 1.27 bits per heavy atom. The van der Waals surface area contributed by atoms with Gasteiger partial charge in [-0.3, -0.25) is 9.59 Å². The highest BCUT2D eigenvalue weighted by atomic mass is 19.4. The zero-order valence-corrected chi connectivity index (χ0v) is 16.0. The number of rotatable bonds is 5. The van der Waals surface area contributed by atoms with Gasteiger partial charge in [-0.1, -0.05) is 0 Å². The van der Waals surface area contributed by atoms with Crippen molar-refractivity contribution < 1.29 is 35.9 Å². The van der Waals surface area contributed by atoms with Gasteiger partial charge in [-0.15, -0.1) is 0 Å². The molecule has 0 spiro atoms. The Kier molecular flexibility index (Phi) is 6.79. The van der Waals surface area contributed by atoms with E-state index in [4.69, 9.17) is 0 Å². The van der Waals surface area contributed by atoms with Gasteiger partial charge in [0.15, 0.2) is 0 Å². The molecule has 162 valence electrons. The molecule has 0 aliphatic carbocycles. The maximum Gasteiger partial charge on any atom is 0.416 e. The Bertz CT molecular complexity index is 884. The molecule has 2 rings (SSSR count). The third-order valence-electron chi connectivity index (χ3n) is 4.29. The third-order valence-corrected chi connectivity index (χ3v) is 4.29. The van der Waals surface area contributed by atoms with E-state index in [0.717, 1.165) is 0 Å². The highest BCUT2D eigenvalue weighted by molar-refractivity contribution is 6.05. The van der Waals surface area contributed by atoms with Crippen molar-refractivity contribution in [3.8, 4) is 0 Å². The molecule has 0 heterocycles. The van der Waals surface area contributed by atoms with Gasteiger partial charge in [-0.25, -0.2) is 0 Å². The van der Waals surface area contributed by atoms with Crippen molar-refractivity contribution in [1.82, 2.24) is 4.90 Å². The van der Waals surface area contributed by atoms with Crippen LogP contribution in [0.25, 0.3) is 0 Å². The fourth-order valence-corrected chi connectivity index (χ4v) is 2.68. The molecule has 0 aliphatic rings. The molecule has 0 atom stereocenters. The van der Waals surface area contributed by atoms with Crippen molar-refractivity contribution in [3.63, 3.8) is 0 Å². The molecule has 0 bridgehead atoms. The van der Waals surface area contributed by atoms with Crippen LogP contribution in [0.4, 0.5) is 32.0 Å². The number of nitrogens with zero attached hydrogens (tertiary/aromatic N) is 1. The van der Waals surface area contributed by atoms with Gasteiger partial charge >= 0.3 is 12.4 Å². The molecule has 2 aromatic rings. The zero-order chi connectivity index (χ0) is 22.7. The maximum atomic E-state index is 12.9. The van der Waals surface area contributed by atoms with Gasteiger partial charge in [0.2, 0.25) is 0 Å². The minimum Gasteiger partial charge on any atom is -0.339 e. The summed E-state index contributed by atoms with van der Waals surface area (Å²) in [6, 6.07) is 6.14. The van der Waals surface area contributed by atoms with Crippen LogP contribution in [0.5, 0.6) is 0 Å². The molecule has 0 radical (unpaired) electrons. The Balaban J connectivity index is 2.28. The SMILES string of the molecule is CCN(CC)C(=O)c1ccc(NC(=O)c2cc(C(F)(F)F)cc(C(F)(F)F)c2)cc1. The summed E-state index contributed by atoms with van der Waals surface area (Å²) >= 11 is 0. The van der Waals surface area contributed by atoms with Gasteiger partial charge < -0.3 is 10.2 Å². The predicted octanol–water partition coefficient (Wildman–Crippen LogP) is 5.46. The molecular formula is C20H18F6N2O2. The van der Waals surface area contributed by atoms with Crippen molar-refractivity contribution in [3.05, 3.63) is 64.7 Å². The summed E-state index contributed by atoms with van der Waals surface area (Å²) in [5.74, 6) is -1.39. The second kappa shape index (κ2) is 8.76. The molecule has 10 heteroatoms. The molecule has 4 nitrogen and oxygen atoms in total. The number of carbonyl (C=O) groups is 2. The van der Waals surface area contributed by atoms with E-state index in [1.807, 2.05) is 0 Å². The quantitative estimate of drug-likeness (QED) is 0.638. The van der Waals surface area contributed by atoms with Gasteiger partial charge in [0.05, 0.1) is 11.1 Å². The Hall–Kier alpha value is -3.04. The lowest BCUT2D eigenvalue weighted by Gasteiger charge is -2.18. The topological polar surface area (TPSA) is 49.4 Å². The smallest absolute Gasteiger partial charge is 0.339 e. The lowest BCUT2D eigenvalue weighted by Crippen LogP contribution is -2.30. The molecule has 0 fully saturated rings. The minimum atomic E-state index is -5.05. The number of anilines is 1. The summed E-state index contributed by atoms with van der Waals surface area (Å²) < 4.78 is 77.6. The van der Waals surface area contributed by atoms with E-state index in [1.54, 1.807) is 18.7 Å². The number of halogens is 6. The first-order valence-electron chi connectivity index (χ1n) is 8.87. The molecule has 0 saturated heterocycles. The highest BCUT2D eigenvalue weighted by Gasteiger charge is 2.37. The van der Waals surface area contributed by atoms with Gasteiger partial charge in [0, 0.05) is 29.9 Å². The number of benzene rings is 2. The fraction of sp³-hybridized carbons (Fsp3) is 0.300. The average Bonchev–Trinajstić information content (AvgIpc) is 2.67. The number of amides is 2. The molecular weight excluding hydrogens is 414 g/mol. The Labute approximate surface area is 168 Å². The number of carbonyl (C=O) groups excluding carboxylic acids is 2. The van der Waals surface area contributed by atoms with E-state index < -0.39 is 35.0 Å². The van der Waals surface area contributed by atoms with E-state index in [9.17, 15) is 35.9 Å². The lowest BCUT2D eigenvalue weighted by molar-refractivity contribution is -0.143. The zero-order valence-electron chi connectivity index (χ0n) is 16.0. The Morgan fingerprint density at radius 1 is 0.800 bits per heavy atom. The number of hydrogen-bond acceptors (Lipinski definition) is 2. The van der Waals surface area contributed by atoms with E-state index in [2.05, 4.69) is 5.32 Å². The van der Waals surface area contributed by atoms with Crippen LogP contribution in [0, 0.1) is 0 Å². The monoisotopic (exact) mass is 432 g/mol. The van der Waals surface area contributed by atoms with Crippen LogP contribution >= 0.6 is 0 Å². The molecule has 0 aromatic heterocycles. The van der Waals surface area contributed by atoms with Gasteiger partial charge in [0.25, 0.3) is 11.8 Å². The van der Waals surface area contributed by atoms with E-state index in [0.29, 0.717) is 30.8 Å². The van der Waals surface area contributed by atoms with Crippen LogP contribution in [0.3, 0.4) is 0 Å². The van der Waals surface area contributed by atoms with Crippen molar-refractivity contribution in [2.75, 3.05) is 18.4 Å². The molecule has 0 aliphatic heterocycles. The van der Waals surface area contributed by atoms with Crippen molar-refractivity contribution in [2.24, 2.45) is 0 Å². The van der Waals surface area contributed by atoms with Crippen LogP contribution in [-0.2, 0) is 12.4 Å². The minimum absolute atomic E-state index is 0.0512. The van der Waals surface area contributed by atoms with E-state index in [-0.39, 0.29) is 17.7 Å². The van der Waals surface area contributed by atoms with Crippen LogP contribution in [-0.4, -0.2) is 29.8 Å². The van der Waals surface area contributed by atoms with Gasteiger partial charge in [-0.05, 0) is 56.3 Å². The summed E-state index contributed by atoms with van der Waals surface area (Å²) in [5, 5.41) is 2.24. The fourth-order valence-electron chi connectivity index (χ4n) is 2.68. The van der Waals surface area contributed by atoms with Crippen LogP contribution in [0.15, 0.2) is 42.5 Å². The summed E-state index contributed by atoms with van der Waals surface area (Å²) in [5.41, 5.74) is -3.51. The molecule has 2 aromatic carbocycles. The number of nitrogens with one attached hydrogen (secondary N) is 1. The van der Waals surface area contributed by atoms with E-state index >= 15 is 0 Å². The summed E-state index contributed by atoms with van der Waals surface area (Å²) in [4.78, 5) is 26.1. The second-order valence-electron chi connectivity index (χ2n) is 6.30. The second-order valence-corrected chi connectivity index (χ2v) is 6.30. The normalized spacial score (nSPS) is 11.9. The van der Waals surface area contributed by atoms with Crippen molar-refractivity contribution in [2.45, 2.75) is 26.2 Å². The molecule has 30 heavy (non-hydrogen) atoms. The molecule has 0 unspecified atom stereocenters. The van der Waals surface area contributed by atoms with Crippen LogP contribution < -0.4 is 5.32 Å². The van der Waals surface area contributed by atoms with Crippen LogP contribution in [0.2, 0.25) is 0 Å². The Morgan fingerprint density at radius 3 is 1.67 bits per heavy atom. The van der Waals surface area contributed by atoms with Gasteiger partial charge in [-0.2, -0.15) is 26.3 Å². The molecule has 1 N–H and O–H groups in total. The first-order valence-corrected chi connectivity index (χ1v) is 8.87. The maximum absolute atomic E-state index is 12.9. The summed E-state index contributed by atoms with van der Waals surface area (Å²) in [6.45, 7) is 4.59. The molecule has 0 saturated carbocycles.